The zero-order chi connectivity index (χ0) is 21.8. The van der Waals surface area contributed by atoms with Crippen molar-refractivity contribution >= 4 is 57.8 Å². The lowest BCUT2D eigenvalue weighted by Crippen LogP contribution is -2.19. The maximum Gasteiger partial charge on any atom is 0.264 e. The number of carbonyl (C=O) groups is 1. The number of hydrogen-bond donors (Lipinski definition) is 1. The van der Waals surface area contributed by atoms with Gasteiger partial charge in [-0.2, -0.15) is 0 Å². The number of amidine groups is 1. The summed E-state index contributed by atoms with van der Waals surface area (Å²) in [5.74, 6) is 0.201. The lowest BCUT2D eigenvalue weighted by molar-refractivity contribution is -0.115. The fourth-order valence-corrected chi connectivity index (χ4v) is 4.35. The Bertz CT molecular complexity index is 1150. The largest absolute Gasteiger partial charge is 0.486 e. The van der Waals surface area contributed by atoms with Crippen LogP contribution >= 0.6 is 35.0 Å². The van der Waals surface area contributed by atoms with Crippen LogP contribution in [-0.4, -0.2) is 11.1 Å². The average molecular weight is 469 g/mol. The topological polar surface area (TPSA) is 50.7 Å². The van der Waals surface area contributed by atoms with Gasteiger partial charge in [-0.25, -0.2) is 4.99 Å². The van der Waals surface area contributed by atoms with Gasteiger partial charge in [0, 0.05) is 0 Å². The first-order valence-corrected chi connectivity index (χ1v) is 11.1. The highest BCUT2D eigenvalue weighted by molar-refractivity contribution is 8.18. The van der Waals surface area contributed by atoms with Gasteiger partial charge in [0.05, 0.1) is 20.6 Å². The molecule has 0 unspecified atom stereocenters. The molecule has 1 N–H and O–H groups in total. The van der Waals surface area contributed by atoms with Gasteiger partial charge in [-0.05, 0) is 60.2 Å². The number of carbonyl (C=O) groups excluding carboxylic acids is 1. The van der Waals surface area contributed by atoms with Crippen LogP contribution in [0.5, 0.6) is 5.75 Å². The summed E-state index contributed by atoms with van der Waals surface area (Å²) in [5, 5.41) is 4.06. The van der Waals surface area contributed by atoms with E-state index in [1.165, 1.54) is 17.3 Å². The van der Waals surface area contributed by atoms with Crippen molar-refractivity contribution in [3.8, 4) is 5.75 Å². The number of thioether (sulfide) groups is 1. The van der Waals surface area contributed by atoms with E-state index in [1.54, 1.807) is 18.2 Å². The number of rotatable bonds is 5. The predicted octanol–water partition coefficient (Wildman–Crippen LogP) is 6.77. The first-order chi connectivity index (χ1) is 15.0. The normalized spacial score (nSPS) is 16.0. The lowest BCUT2D eigenvalue weighted by Gasteiger charge is -2.11. The number of nitrogens with one attached hydrogen (secondary N) is 1. The summed E-state index contributed by atoms with van der Waals surface area (Å²) in [7, 11) is 0. The Morgan fingerprint density at radius 1 is 1.03 bits per heavy atom. The van der Waals surface area contributed by atoms with E-state index in [4.69, 9.17) is 27.9 Å². The highest BCUT2D eigenvalue weighted by Crippen LogP contribution is 2.36. The molecule has 0 aromatic heterocycles. The number of aryl methyl sites for hydroxylation is 1. The molecule has 156 valence electrons. The Labute approximate surface area is 194 Å². The molecule has 0 spiro atoms. The molecule has 3 aromatic rings. The van der Waals surface area contributed by atoms with Crippen LogP contribution in [0.2, 0.25) is 10.0 Å². The smallest absolute Gasteiger partial charge is 0.264 e. The van der Waals surface area contributed by atoms with Crippen molar-refractivity contribution in [1.82, 2.24) is 5.32 Å². The van der Waals surface area contributed by atoms with Gasteiger partial charge in [-0.1, -0.05) is 71.2 Å². The van der Waals surface area contributed by atoms with Crippen LogP contribution in [0, 0.1) is 6.92 Å². The van der Waals surface area contributed by atoms with Crippen LogP contribution in [0.4, 0.5) is 5.69 Å². The molecule has 3 aromatic carbocycles. The summed E-state index contributed by atoms with van der Waals surface area (Å²) in [6, 6.07) is 20.9. The van der Waals surface area contributed by atoms with Crippen molar-refractivity contribution in [2.45, 2.75) is 13.5 Å². The first kappa shape index (κ1) is 21.5. The van der Waals surface area contributed by atoms with Crippen LogP contribution in [0.15, 0.2) is 76.6 Å². The van der Waals surface area contributed by atoms with Gasteiger partial charge in [0.15, 0.2) is 10.9 Å². The molecular weight excluding hydrogens is 451 g/mol. The molecule has 0 bridgehead atoms. The van der Waals surface area contributed by atoms with Crippen molar-refractivity contribution in [2.75, 3.05) is 0 Å². The molecule has 1 fully saturated rings. The molecule has 0 saturated carbocycles. The van der Waals surface area contributed by atoms with Crippen LogP contribution in [0.3, 0.4) is 0 Å². The third-order valence-electron chi connectivity index (χ3n) is 4.46. The maximum absolute atomic E-state index is 12.3. The number of aliphatic imine (C=N–C) groups is 1. The van der Waals surface area contributed by atoms with Gasteiger partial charge in [-0.15, -0.1) is 0 Å². The summed E-state index contributed by atoms with van der Waals surface area (Å²) in [5.41, 5.74) is 3.68. The van der Waals surface area contributed by atoms with Gasteiger partial charge in [0.25, 0.3) is 5.91 Å². The number of benzene rings is 3. The van der Waals surface area contributed by atoms with Gasteiger partial charge in [0.1, 0.15) is 6.61 Å². The van der Waals surface area contributed by atoms with E-state index in [0.717, 1.165) is 11.3 Å². The summed E-state index contributed by atoms with van der Waals surface area (Å²) < 4.78 is 5.83. The second-order valence-corrected chi connectivity index (χ2v) is 8.75. The molecule has 4 nitrogen and oxygen atoms in total. The summed E-state index contributed by atoms with van der Waals surface area (Å²) >= 11 is 14.1. The molecule has 0 atom stereocenters. The molecule has 1 amide bonds. The monoisotopic (exact) mass is 468 g/mol. The van der Waals surface area contributed by atoms with E-state index in [-0.39, 0.29) is 5.91 Å². The second kappa shape index (κ2) is 9.60. The Balaban J connectivity index is 1.50. The first-order valence-electron chi connectivity index (χ1n) is 9.50. The molecule has 1 aliphatic heterocycles. The van der Waals surface area contributed by atoms with E-state index in [2.05, 4.69) is 10.3 Å². The fraction of sp³-hybridized carbons (Fsp3) is 0.0833. The highest BCUT2D eigenvalue weighted by Gasteiger charge is 2.24. The minimum atomic E-state index is -0.216. The van der Waals surface area contributed by atoms with Crippen molar-refractivity contribution in [3.05, 3.63) is 98.4 Å². The quantitative estimate of drug-likeness (QED) is 0.420. The van der Waals surface area contributed by atoms with E-state index in [1.807, 2.05) is 61.5 Å². The number of nitrogens with zero attached hydrogens (tertiary/aromatic N) is 1. The third kappa shape index (κ3) is 5.50. The Morgan fingerprint density at radius 2 is 1.71 bits per heavy atom. The molecule has 1 heterocycles. The molecule has 1 saturated heterocycles. The van der Waals surface area contributed by atoms with Gasteiger partial charge in [-0.3, -0.25) is 4.79 Å². The van der Waals surface area contributed by atoms with Crippen LogP contribution in [-0.2, 0) is 11.4 Å². The molecule has 4 rings (SSSR count). The van der Waals surface area contributed by atoms with Crippen LogP contribution in [0.1, 0.15) is 16.7 Å². The fourth-order valence-electron chi connectivity index (χ4n) is 2.89. The minimum Gasteiger partial charge on any atom is -0.486 e. The SMILES string of the molecule is Cc1ccc(COc2c(Cl)cc(/C=C3\SC(=Nc4ccccc4)NC3=O)cc2Cl)cc1. The standard InChI is InChI=1S/C24H18Cl2N2O2S/c1-15-7-9-16(10-8-15)14-30-22-19(25)11-17(12-20(22)26)13-21-23(29)28-24(31-21)27-18-5-3-2-4-6-18/h2-13H,14H2,1H3,(H,27,28,29)/b21-13-. The number of para-hydroxylation sites is 1. The van der Waals surface area contributed by atoms with Crippen molar-refractivity contribution in [2.24, 2.45) is 4.99 Å². The molecule has 0 aliphatic carbocycles. The Hall–Kier alpha value is -2.73. The second-order valence-electron chi connectivity index (χ2n) is 6.91. The average Bonchev–Trinajstić information content (AvgIpc) is 3.08. The zero-order valence-electron chi connectivity index (χ0n) is 16.6. The van der Waals surface area contributed by atoms with Crippen molar-refractivity contribution < 1.29 is 9.53 Å². The molecular formula is C24H18Cl2N2O2S. The Kier molecular flexibility index (Phi) is 6.66. The van der Waals surface area contributed by atoms with Gasteiger partial charge < -0.3 is 10.1 Å². The van der Waals surface area contributed by atoms with Crippen LogP contribution in [0.25, 0.3) is 6.08 Å². The minimum absolute atomic E-state index is 0.216. The van der Waals surface area contributed by atoms with Crippen molar-refractivity contribution in [3.63, 3.8) is 0 Å². The van der Waals surface area contributed by atoms with E-state index < -0.39 is 0 Å². The summed E-state index contributed by atoms with van der Waals surface area (Å²) in [4.78, 5) is 17.3. The number of halogens is 2. The zero-order valence-corrected chi connectivity index (χ0v) is 18.9. The maximum atomic E-state index is 12.3. The highest BCUT2D eigenvalue weighted by atomic mass is 35.5. The number of amides is 1. The Morgan fingerprint density at radius 3 is 2.39 bits per heavy atom. The molecule has 31 heavy (non-hydrogen) atoms. The van der Waals surface area contributed by atoms with E-state index in [0.29, 0.717) is 38.0 Å². The molecule has 1 aliphatic rings. The van der Waals surface area contributed by atoms with Gasteiger partial charge in [0.2, 0.25) is 0 Å². The predicted molar refractivity (Wildman–Crippen MR) is 129 cm³/mol. The van der Waals surface area contributed by atoms with E-state index >= 15 is 0 Å². The molecule has 0 radical (unpaired) electrons. The molecule has 7 heteroatoms. The van der Waals surface area contributed by atoms with Crippen LogP contribution < -0.4 is 10.1 Å². The number of hydrogen-bond acceptors (Lipinski definition) is 4. The summed E-state index contributed by atoms with van der Waals surface area (Å²) in [6.45, 7) is 2.39. The van der Waals surface area contributed by atoms with Gasteiger partial charge >= 0.3 is 0 Å². The van der Waals surface area contributed by atoms with Crippen molar-refractivity contribution in [1.29, 1.82) is 0 Å². The summed E-state index contributed by atoms with van der Waals surface area (Å²) in [6.07, 6.45) is 1.73. The lowest BCUT2D eigenvalue weighted by atomic mass is 10.1. The van der Waals surface area contributed by atoms with E-state index in [9.17, 15) is 4.79 Å². The third-order valence-corrected chi connectivity index (χ3v) is 5.93. The number of ether oxygens (including phenoxy) is 1.